The topological polar surface area (TPSA) is 47.0 Å². The molecule has 6 unspecified atom stereocenters. The van der Waals surface area contributed by atoms with Gasteiger partial charge in [-0.25, -0.2) is 0 Å². The highest BCUT2D eigenvalue weighted by molar-refractivity contribution is 5.91. The number of hydrogen-bond acceptors (Lipinski definition) is 5. The Bertz CT molecular complexity index is 1280. The molecule has 0 aromatic carbocycles. The molecular formula is C37H52F5N3O2. The summed E-state index contributed by atoms with van der Waals surface area (Å²) in [5.74, 6) is -5.41. The molecular weight excluding hydrogens is 613 g/mol. The predicted octanol–water partition coefficient (Wildman–Crippen LogP) is 6.50. The number of allylic oxidation sites excluding steroid dienone is 3. The van der Waals surface area contributed by atoms with Crippen LogP contribution in [0.2, 0.25) is 0 Å². The van der Waals surface area contributed by atoms with E-state index in [2.05, 4.69) is 32.9 Å². The molecule has 3 saturated carbocycles. The third-order valence-electron chi connectivity index (χ3n) is 13.9. The number of likely N-dealkylation sites (tertiary alicyclic amines) is 1. The van der Waals surface area contributed by atoms with Crippen LogP contribution in [0.4, 0.5) is 22.0 Å². The molecule has 0 radical (unpaired) electrons. The Morgan fingerprint density at radius 2 is 1.57 bits per heavy atom. The summed E-state index contributed by atoms with van der Waals surface area (Å²) in [6.45, 7) is 11.3. The van der Waals surface area contributed by atoms with E-state index in [9.17, 15) is 23.1 Å². The van der Waals surface area contributed by atoms with Gasteiger partial charge in [-0.2, -0.15) is 22.0 Å². The van der Waals surface area contributed by atoms with Crippen LogP contribution < -0.4 is 0 Å². The van der Waals surface area contributed by atoms with Crippen molar-refractivity contribution in [3.63, 3.8) is 0 Å². The van der Waals surface area contributed by atoms with Gasteiger partial charge in [0, 0.05) is 57.6 Å². The molecule has 7 rings (SSSR count). The van der Waals surface area contributed by atoms with Crippen molar-refractivity contribution < 1.29 is 31.9 Å². The number of alkyl halides is 5. The van der Waals surface area contributed by atoms with Gasteiger partial charge in [0.1, 0.15) is 5.60 Å². The lowest BCUT2D eigenvalue weighted by atomic mass is 9.45. The molecule has 0 bridgehead atoms. The minimum atomic E-state index is -5.82. The number of halogens is 5. The predicted molar refractivity (Wildman–Crippen MR) is 171 cm³/mol. The van der Waals surface area contributed by atoms with Gasteiger partial charge >= 0.3 is 12.1 Å². The van der Waals surface area contributed by atoms with Crippen molar-refractivity contribution in [1.82, 2.24) is 14.7 Å². The number of aliphatic hydroxyl groups is 1. The second-order valence-corrected chi connectivity index (χ2v) is 16.2. The first-order valence-corrected chi connectivity index (χ1v) is 18.3. The first-order valence-electron chi connectivity index (χ1n) is 18.3. The number of nitrogens with zero attached hydrogens (tertiary/aromatic N) is 3. The fraction of sp³-hybridized carbons (Fsp3) is 0.811. The average Bonchev–Trinajstić information content (AvgIpc) is 3.66. The zero-order valence-corrected chi connectivity index (χ0v) is 27.8. The van der Waals surface area contributed by atoms with Gasteiger partial charge in [-0.15, -0.1) is 0 Å². The molecule has 5 nitrogen and oxygen atoms in total. The highest BCUT2D eigenvalue weighted by Gasteiger charge is 2.79. The van der Waals surface area contributed by atoms with Crippen molar-refractivity contribution in [2.45, 2.75) is 88.8 Å². The van der Waals surface area contributed by atoms with Crippen molar-refractivity contribution in [1.29, 1.82) is 0 Å². The molecule has 7 aliphatic rings. The maximum Gasteiger partial charge on any atom is 0.456 e. The second-order valence-electron chi connectivity index (χ2n) is 16.2. The first-order chi connectivity index (χ1) is 22.3. The summed E-state index contributed by atoms with van der Waals surface area (Å²) >= 11 is 0. The van der Waals surface area contributed by atoms with E-state index in [1.807, 2.05) is 0 Å². The average molecular weight is 666 g/mol. The van der Waals surface area contributed by atoms with Gasteiger partial charge in [0.05, 0.1) is 0 Å². The zero-order chi connectivity index (χ0) is 33.2. The minimum Gasteiger partial charge on any atom is -0.383 e. The summed E-state index contributed by atoms with van der Waals surface area (Å²) in [5.41, 5.74) is -2.33. The normalized spacial score (nSPS) is 40.5. The van der Waals surface area contributed by atoms with Crippen molar-refractivity contribution in [2.75, 3.05) is 58.9 Å². The molecule has 2 aliphatic heterocycles. The lowest BCUT2D eigenvalue weighted by Gasteiger charge is -2.60. The summed E-state index contributed by atoms with van der Waals surface area (Å²) in [5, 5.41) is 11.5. The molecule has 262 valence electrons. The molecule has 1 N–H and O–H groups in total. The second kappa shape index (κ2) is 12.6. The SMILES string of the molecule is CC12C[C@H](C3C=CC(CN4CCN(CCN5CCCC5)CC4)=CC3)C3C4CCC(=O)C=C4CCC3C1CC[C@@]2(O)C(F)(F)C(F)(F)F. The standard InChI is InChI=1S/C37H52F5N3O2/c1-34-23-31(26-6-4-25(5-7-26)24-45-20-18-44(19-21-45)17-16-43-14-2-3-15-43)33-29-11-9-28(46)22-27(29)8-10-30(33)32(34)12-13-35(34,47)36(38,39)37(40,41)42/h4-6,22,26,29-33,47H,2-3,7-21,23-24H2,1H3/t26?,29?,30?,31-,32?,33?,34?,35+/m1/s1. The van der Waals surface area contributed by atoms with E-state index in [1.54, 1.807) is 6.08 Å². The van der Waals surface area contributed by atoms with E-state index in [0.29, 0.717) is 19.3 Å². The van der Waals surface area contributed by atoms with E-state index in [0.717, 1.165) is 64.2 Å². The van der Waals surface area contributed by atoms with Crippen molar-refractivity contribution in [3.8, 4) is 0 Å². The Morgan fingerprint density at radius 3 is 2.23 bits per heavy atom. The van der Waals surface area contributed by atoms with Crippen molar-refractivity contribution >= 4 is 5.78 Å². The first kappa shape index (κ1) is 33.9. The van der Waals surface area contributed by atoms with Crippen LogP contribution in [-0.2, 0) is 4.79 Å². The van der Waals surface area contributed by atoms with Crippen LogP contribution >= 0.6 is 0 Å². The smallest absolute Gasteiger partial charge is 0.383 e. The molecule has 8 atom stereocenters. The number of hydrogen-bond donors (Lipinski definition) is 1. The van der Waals surface area contributed by atoms with Gasteiger partial charge in [-0.1, -0.05) is 30.7 Å². The maximum absolute atomic E-state index is 15.3. The van der Waals surface area contributed by atoms with Gasteiger partial charge in [-0.3, -0.25) is 14.6 Å². The minimum absolute atomic E-state index is 0.00667. The van der Waals surface area contributed by atoms with Crippen LogP contribution in [0.25, 0.3) is 0 Å². The van der Waals surface area contributed by atoms with Gasteiger partial charge in [0.15, 0.2) is 5.78 Å². The molecule has 5 fully saturated rings. The van der Waals surface area contributed by atoms with Crippen LogP contribution in [-0.4, -0.2) is 102 Å². The molecule has 47 heavy (non-hydrogen) atoms. The van der Waals surface area contributed by atoms with Crippen LogP contribution in [0.1, 0.15) is 71.1 Å². The highest BCUT2D eigenvalue weighted by atomic mass is 19.4. The van der Waals surface area contributed by atoms with Gasteiger partial charge in [-0.05, 0) is 118 Å². The van der Waals surface area contributed by atoms with E-state index in [1.165, 1.54) is 38.4 Å². The Hall–Kier alpha value is -1.62. The quantitative estimate of drug-likeness (QED) is 0.315. The largest absolute Gasteiger partial charge is 0.456 e. The summed E-state index contributed by atoms with van der Waals surface area (Å²) in [6.07, 6.45) is 8.21. The Labute approximate surface area is 276 Å². The molecule has 0 aromatic rings. The maximum atomic E-state index is 15.3. The summed E-state index contributed by atoms with van der Waals surface area (Å²) < 4.78 is 72.2. The van der Waals surface area contributed by atoms with E-state index in [4.69, 9.17) is 0 Å². The fourth-order valence-corrected chi connectivity index (χ4v) is 11.4. The number of ketones is 1. The van der Waals surface area contributed by atoms with Crippen molar-refractivity contribution in [3.05, 3.63) is 35.5 Å². The van der Waals surface area contributed by atoms with Gasteiger partial charge in [0.25, 0.3) is 0 Å². The van der Waals surface area contributed by atoms with Crippen LogP contribution in [0.3, 0.4) is 0 Å². The molecule has 0 spiro atoms. The molecule has 0 amide bonds. The number of carbonyl (C=O) groups is 1. The number of rotatable bonds is 7. The molecule has 2 heterocycles. The fourth-order valence-electron chi connectivity index (χ4n) is 11.4. The van der Waals surface area contributed by atoms with Gasteiger partial charge < -0.3 is 10.0 Å². The lowest BCUT2D eigenvalue weighted by molar-refractivity contribution is -0.365. The number of fused-ring (bicyclic) bond motifs is 5. The highest BCUT2D eigenvalue weighted by Crippen LogP contribution is 2.71. The number of piperazine rings is 1. The summed E-state index contributed by atoms with van der Waals surface area (Å²) in [7, 11) is 0. The van der Waals surface area contributed by atoms with Gasteiger partial charge in [0.2, 0.25) is 0 Å². The lowest BCUT2D eigenvalue weighted by Crippen LogP contribution is -2.66. The zero-order valence-electron chi connectivity index (χ0n) is 27.8. The molecule has 5 aliphatic carbocycles. The van der Waals surface area contributed by atoms with Crippen LogP contribution in [0.5, 0.6) is 0 Å². The Kier molecular flexibility index (Phi) is 9.08. The van der Waals surface area contributed by atoms with E-state index < -0.39 is 35.5 Å². The van der Waals surface area contributed by atoms with Crippen LogP contribution in [0.15, 0.2) is 35.5 Å². The number of carbonyl (C=O) groups excluding carboxylic acids is 1. The molecule has 10 heteroatoms. The van der Waals surface area contributed by atoms with E-state index >= 15 is 8.78 Å². The monoisotopic (exact) mass is 665 g/mol. The molecule has 2 saturated heterocycles. The molecule has 0 aromatic heterocycles. The van der Waals surface area contributed by atoms with Crippen LogP contribution in [0, 0.1) is 40.9 Å². The Morgan fingerprint density at radius 1 is 0.894 bits per heavy atom. The van der Waals surface area contributed by atoms with Crippen molar-refractivity contribution in [2.24, 2.45) is 40.9 Å². The summed E-state index contributed by atoms with van der Waals surface area (Å²) in [6, 6.07) is 0. The van der Waals surface area contributed by atoms with E-state index in [-0.39, 0.29) is 48.2 Å². The summed E-state index contributed by atoms with van der Waals surface area (Å²) in [4.78, 5) is 20.0. The third kappa shape index (κ3) is 5.89. The Balaban J connectivity index is 1.07. The third-order valence-corrected chi connectivity index (χ3v) is 13.9.